The van der Waals surface area contributed by atoms with Crippen LogP contribution in [0.25, 0.3) is 0 Å². The van der Waals surface area contributed by atoms with Gasteiger partial charge in [0.1, 0.15) is 6.10 Å². The fraction of sp³-hybridized carbons (Fsp3) is 0.400. The van der Waals surface area contributed by atoms with Gasteiger partial charge in [0.25, 0.3) is 0 Å². The molecule has 1 aliphatic rings. The Morgan fingerprint density at radius 3 is 2.79 bits per heavy atom. The van der Waals surface area contributed by atoms with Gasteiger partial charge in [-0.1, -0.05) is 15.9 Å². The molecule has 1 aromatic rings. The van der Waals surface area contributed by atoms with Crippen LogP contribution in [0.4, 0.5) is 5.69 Å². The lowest BCUT2D eigenvalue weighted by Gasteiger charge is -2.26. The van der Waals surface area contributed by atoms with Gasteiger partial charge in [-0.15, -0.1) is 0 Å². The molecule has 0 amide bonds. The SMILES string of the molecule is Nc1cc(Br)cc(COC2COC2)c1. The minimum absolute atomic E-state index is 0.259. The first kappa shape index (κ1) is 9.96. The summed E-state index contributed by atoms with van der Waals surface area (Å²) in [6.45, 7) is 2.02. The Balaban J connectivity index is 1.94. The van der Waals surface area contributed by atoms with Crippen LogP contribution in [-0.2, 0) is 16.1 Å². The molecule has 0 spiro atoms. The highest BCUT2D eigenvalue weighted by Crippen LogP contribution is 2.19. The molecule has 0 atom stereocenters. The van der Waals surface area contributed by atoms with Crippen LogP contribution < -0.4 is 5.73 Å². The Bertz CT molecular complexity index is 306. The maximum absolute atomic E-state index is 5.70. The molecule has 0 saturated carbocycles. The normalized spacial score (nSPS) is 16.6. The molecule has 0 unspecified atom stereocenters. The van der Waals surface area contributed by atoms with E-state index in [0.717, 1.165) is 15.7 Å². The lowest BCUT2D eigenvalue weighted by Crippen LogP contribution is -2.35. The van der Waals surface area contributed by atoms with Crippen molar-refractivity contribution in [3.63, 3.8) is 0 Å². The molecule has 1 aliphatic heterocycles. The second-order valence-electron chi connectivity index (χ2n) is 3.36. The molecule has 0 radical (unpaired) electrons. The Labute approximate surface area is 91.3 Å². The van der Waals surface area contributed by atoms with Crippen LogP contribution in [0.5, 0.6) is 0 Å². The monoisotopic (exact) mass is 257 g/mol. The lowest BCUT2D eigenvalue weighted by atomic mass is 10.2. The number of halogens is 1. The Morgan fingerprint density at radius 1 is 1.43 bits per heavy atom. The zero-order valence-corrected chi connectivity index (χ0v) is 9.29. The van der Waals surface area contributed by atoms with Crippen molar-refractivity contribution >= 4 is 21.6 Å². The van der Waals surface area contributed by atoms with E-state index in [9.17, 15) is 0 Å². The molecule has 14 heavy (non-hydrogen) atoms. The molecule has 2 rings (SSSR count). The van der Waals surface area contributed by atoms with E-state index in [1.54, 1.807) is 0 Å². The van der Waals surface area contributed by atoms with E-state index in [1.165, 1.54) is 0 Å². The smallest absolute Gasteiger partial charge is 0.105 e. The molecular formula is C10H12BrNO2. The van der Waals surface area contributed by atoms with Crippen molar-refractivity contribution in [3.05, 3.63) is 28.2 Å². The van der Waals surface area contributed by atoms with Gasteiger partial charge < -0.3 is 15.2 Å². The average Bonchev–Trinajstić information content (AvgIpc) is 1.99. The summed E-state index contributed by atoms with van der Waals surface area (Å²) in [6, 6.07) is 5.80. The minimum atomic E-state index is 0.259. The number of hydrogen-bond acceptors (Lipinski definition) is 3. The summed E-state index contributed by atoms with van der Waals surface area (Å²) in [4.78, 5) is 0. The highest BCUT2D eigenvalue weighted by Gasteiger charge is 2.18. The average molecular weight is 258 g/mol. The van der Waals surface area contributed by atoms with Crippen LogP contribution in [0, 0.1) is 0 Å². The van der Waals surface area contributed by atoms with E-state index < -0.39 is 0 Å². The Morgan fingerprint density at radius 2 is 2.21 bits per heavy atom. The largest absolute Gasteiger partial charge is 0.399 e. The van der Waals surface area contributed by atoms with Crippen molar-refractivity contribution in [1.29, 1.82) is 0 Å². The standard InChI is InChI=1S/C10H12BrNO2/c11-8-1-7(2-9(12)3-8)4-14-10-5-13-6-10/h1-3,10H,4-6,12H2. The van der Waals surface area contributed by atoms with E-state index in [4.69, 9.17) is 15.2 Å². The quantitative estimate of drug-likeness (QED) is 0.843. The topological polar surface area (TPSA) is 44.5 Å². The van der Waals surface area contributed by atoms with Gasteiger partial charge in [0.15, 0.2) is 0 Å². The molecular weight excluding hydrogens is 246 g/mol. The van der Waals surface area contributed by atoms with E-state index in [-0.39, 0.29) is 6.10 Å². The maximum Gasteiger partial charge on any atom is 0.105 e. The third-order valence-corrected chi connectivity index (χ3v) is 2.53. The highest BCUT2D eigenvalue weighted by molar-refractivity contribution is 9.10. The second kappa shape index (κ2) is 4.29. The molecule has 2 N–H and O–H groups in total. The fourth-order valence-electron chi connectivity index (χ4n) is 1.28. The van der Waals surface area contributed by atoms with Crippen LogP contribution in [0.1, 0.15) is 5.56 Å². The Kier molecular flexibility index (Phi) is 3.05. The van der Waals surface area contributed by atoms with Gasteiger partial charge in [-0.25, -0.2) is 0 Å². The predicted molar refractivity (Wildman–Crippen MR) is 58.0 cm³/mol. The molecule has 1 saturated heterocycles. The van der Waals surface area contributed by atoms with E-state index in [0.29, 0.717) is 19.8 Å². The van der Waals surface area contributed by atoms with Crippen molar-refractivity contribution in [3.8, 4) is 0 Å². The summed E-state index contributed by atoms with van der Waals surface area (Å²) in [6.07, 6.45) is 0.259. The van der Waals surface area contributed by atoms with Crippen molar-refractivity contribution in [1.82, 2.24) is 0 Å². The van der Waals surface area contributed by atoms with Crippen molar-refractivity contribution in [2.24, 2.45) is 0 Å². The summed E-state index contributed by atoms with van der Waals surface area (Å²) in [5.41, 5.74) is 7.54. The van der Waals surface area contributed by atoms with Crippen LogP contribution in [0.3, 0.4) is 0 Å². The van der Waals surface area contributed by atoms with Gasteiger partial charge in [0.2, 0.25) is 0 Å². The van der Waals surface area contributed by atoms with Gasteiger partial charge in [-0.2, -0.15) is 0 Å². The van der Waals surface area contributed by atoms with Gasteiger partial charge in [-0.3, -0.25) is 0 Å². The number of nitrogen functional groups attached to an aromatic ring is 1. The number of anilines is 1. The fourth-order valence-corrected chi connectivity index (χ4v) is 1.84. The molecule has 1 fully saturated rings. The van der Waals surface area contributed by atoms with E-state index in [2.05, 4.69) is 15.9 Å². The number of nitrogens with two attached hydrogens (primary N) is 1. The molecule has 1 aromatic carbocycles. The summed E-state index contributed by atoms with van der Waals surface area (Å²) in [5, 5.41) is 0. The van der Waals surface area contributed by atoms with Crippen LogP contribution >= 0.6 is 15.9 Å². The zero-order chi connectivity index (χ0) is 9.97. The first-order valence-electron chi connectivity index (χ1n) is 4.48. The maximum atomic E-state index is 5.70. The minimum Gasteiger partial charge on any atom is -0.399 e. The lowest BCUT2D eigenvalue weighted by molar-refractivity contribution is -0.135. The third kappa shape index (κ3) is 2.47. The number of benzene rings is 1. The van der Waals surface area contributed by atoms with Crippen molar-refractivity contribution < 1.29 is 9.47 Å². The number of ether oxygens (including phenoxy) is 2. The summed E-state index contributed by atoms with van der Waals surface area (Å²) < 4.78 is 11.6. The molecule has 76 valence electrons. The number of hydrogen-bond donors (Lipinski definition) is 1. The zero-order valence-electron chi connectivity index (χ0n) is 7.70. The van der Waals surface area contributed by atoms with Gasteiger partial charge in [0.05, 0.1) is 19.8 Å². The third-order valence-electron chi connectivity index (χ3n) is 2.07. The number of rotatable bonds is 3. The Hall–Kier alpha value is -0.580. The second-order valence-corrected chi connectivity index (χ2v) is 4.28. The van der Waals surface area contributed by atoms with Gasteiger partial charge >= 0.3 is 0 Å². The van der Waals surface area contributed by atoms with E-state index in [1.807, 2.05) is 18.2 Å². The van der Waals surface area contributed by atoms with Crippen LogP contribution in [-0.4, -0.2) is 19.3 Å². The molecule has 0 aliphatic carbocycles. The first-order chi connectivity index (χ1) is 6.74. The summed E-state index contributed by atoms with van der Waals surface area (Å²) in [7, 11) is 0. The summed E-state index contributed by atoms with van der Waals surface area (Å²) in [5.74, 6) is 0. The molecule has 0 aromatic heterocycles. The molecule has 1 heterocycles. The molecule has 3 nitrogen and oxygen atoms in total. The van der Waals surface area contributed by atoms with Gasteiger partial charge in [-0.05, 0) is 23.8 Å². The van der Waals surface area contributed by atoms with E-state index >= 15 is 0 Å². The predicted octanol–water partition coefficient (Wildman–Crippen LogP) is 1.95. The van der Waals surface area contributed by atoms with Crippen LogP contribution in [0.2, 0.25) is 0 Å². The molecule has 0 bridgehead atoms. The first-order valence-corrected chi connectivity index (χ1v) is 5.27. The highest BCUT2D eigenvalue weighted by atomic mass is 79.9. The summed E-state index contributed by atoms with van der Waals surface area (Å²) >= 11 is 3.39. The molecule has 4 heteroatoms. The van der Waals surface area contributed by atoms with Crippen molar-refractivity contribution in [2.45, 2.75) is 12.7 Å². The van der Waals surface area contributed by atoms with Gasteiger partial charge in [0, 0.05) is 10.2 Å². The van der Waals surface area contributed by atoms with Crippen molar-refractivity contribution in [2.75, 3.05) is 18.9 Å². The van der Waals surface area contributed by atoms with Crippen LogP contribution in [0.15, 0.2) is 22.7 Å².